The molecule has 0 aliphatic heterocycles. The Morgan fingerprint density at radius 3 is 2.33 bits per heavy atom. The summed E-state index contributed by atoms with van der Waals surface area (Å²) in [7, 11) is 0. The van der Waals surface area contributed by atoms with Crippen LogP contribution in [0, 0.1) is 6.92 Å². The number of aliphatic hydroxyl groups is 2. The van der Waals surface area contributed by atoms with E-state index in [2.05, 4.69) is 9.97 Å². The Hall–Kier alpha value is -1.40. The van der Waals surface area contributed by atoms with Gasteiger partial charge in [-0.1, -0.05) is 0 Å². The van der Waals surface area contributed by atoms with Gasteiger partial charge >= 0.3 is 0 Å². The maximum atomic E-state index is 8.85. The van der Waals surface area contributed by atoms with Crippen molar-refractivity contribution in [3.8, 4) is 0 Å². The lowest BCUT2D eigenvalue weighted by molar-refractivity contribution is 0.280. The Kier molecular flexibility index (Phi) is 4.26. The highest BCUT2D eigenvalue weighted by molar-refractivity contribution is 5.40. The summed E-state index contributed by atoms with van der Waals surface area (Å²) in [5.41, 5.74) is 6.35. The SMILES string of the molecule is Cc1cc(N)nc(N(CCO)CCO)n1. The van der Waals surface area contributed by atoms with Crippen molar-refractivity contribution in [3.63, 3.8) is 0 Å². The van der Waals surface area contributed by atoms with E-state index in [-0.39, 0.29) is 13.2 Å². The molecule has 6 nitrogen and oxygen atoms in total. The zero-order chi connectivity index (χ0) is 11.3. The first kappa shape index (κ1) is 11.7. The van der Waals surface area contributed by atoms with Crippen LogP contribution in [0.1, 0.15) is 5.69 Å². The first-order valence-corrected chi connectivity index (χ1v) is 4.75. The Bertz CT molecular complexity index is 293. The highest BCUT2D eigenvalue weighted by atomic mass is 16.3. The molecule has 84 valence electrons. The van der Waals surface area contributed by atoms with Crippen LogP contribution in [0.3, 0.4) is 0 Å². The molecule has 0 aromatic carbocycles. The van der Waals surface area contributed by atoms with E-state index in [0.29, 0.717) is 24.9 Å². The molecule has 0 unspecified atom stereocenters. The zero-order valence-electron chi connectivity index (χ0n) is 8.72. The van der Waals surface area contributed by atoms with Gasteiger partial charge in [0.25, 0.3) is 0 Å². The lowest BCUT2D eigenvalue weighted by Gasteiger charge is -2.20. The molecule has 1 heterocycles. The number of nitrogens with two attached hydrogens (primary N) is 1. The predicted octanol–water partition coefficient (Wildman–Crippen LogP) is -0.842. The molecule has 0 fully saturated rings. The van der Waals surface area contributed by atoms with Crippen LogP contribution in [-0.2, 0) is 0 Å². The van der Waals surface area contributed by atoms with E-state index in [9.17, 15) is 0 Å². The van der Waals surface area contributed by atoms with Gasteiger partial charge < -0.3 is 20.8 Å². The van der Waals surface area contributed by atoms with Crippen molar-refractivity contribution in [2.75, 3.05) is 36.9 Å². The highest BCUT2D eigenvalue weighted by Crippen LogP contribution is 2.10. The van der Waals surface area contributed by atoms with E-state index < -0.39 is 0 Å². The van der Waals surface area contributed by atoms with Crippen molar-refractivity contribution >= 4 is 11.8 Å². The Morgan fingerprint density at radius 1 is 1.27 bits per heavy atom. The monoisotopic (exact) mass is 212 g/mol. The number of hydrogen-bond acceptors (Lipinski definition) is 6. The van der Waals surface area contributed by atoms with E-state index in [1.54, 1.807) is 11.0 Å². The van der Waals surface area contributed by atoms with E-state index in [1.807, 2.05) is 6.92 Å². The van der Waals surface area contributed by atoms with Crippen LogP contribution >= 0.6 is 0 Å². The summed E-state index contributed by atoms with van der Waals surface area (Å²) in [4.78, 5) is 9.91. The summed E-state index contributed by atoms with van der Waals surface area (Å²) in [6.45, 7) is 2.54. The van der Waals surface area contributed by atoms with Crippen LogP contribution in [0.25, 0.3) is 0 Å². The van der Waals surface area contributed by atoms with Crippen LogP contribution in [0.5, 0.6) is 0 Å². The maximum absolute atomic E-state index is 8.85. The van der Waals surface area contributed by atoms with Gasteiger partial charge in [0.05, 0.1) is 13.2 Å². The van der Waals surface area contributed by atoms with Crippen LogP contribution in [-0.4, -0.2) is 46.5 Å². The second-order valence-corrected chi connectivity index (χ2v) is 3.17. The van der Waals surface area contributed by atoms with Crippen molar-refractivity contribution in [2.45, 2.75) is 6.92 Å². The number of aromatic nitrogens is 2. The number of aliphatic hydroxyl groups excluding tert-OH is 2. The summed E-state index contributed by atoms with van der Waals surface area (Å²) in [5.74, 6) is 0.828. The molecule has 4 N–H and O–H groups in total. The molecule has 6 heteroatoms. The molecule has 0 aliphatic carbocycles. The highest BCUT2D eigenvalue weighted by Gasteiger charge is 2.09. The first-order valence-electron chi connectivity index (χ1n) is 4.75. The van der Waals surface area contributed by atoms with Crippen LogP contribution in [0.15, 0.2) is 6.07 Å². The van der Waals surface area contributed by atoms with E-state index >= 15 is 0 Å². The van der Waals surface area contributed by atoms with Crippen LogP contribution in [0.2, 0.25) is 0 Å². The molecule has 0 radical (unpaired) electrons. The van der Waals surface area contributed by atoms with Gasteiger partial charge in [-0.15, -0.1) is 0 Å². The average Bonchev–Trinajstić information content (AvgIpc) is 2.16. The van der Waals surface area contributed by atoms with Gasteiger partial charge in [0.15, 0.2) is 0 Å². The molecule has 0 amide bonds. The van der Waals surface area contributed by atoms with Gasteiger partial charge in [0, 0.05) is 24.8 Å². The van der Waals surface area contributed by atoms with Gasteiger partial charge in [-0.3, -0.25) is 0 Å². The molecular formula is C9H16N4O2. The minimum atomic E-state index is -0.0167. The average molecular weight is 212 g/mol. The van der Waals surface area contributed by atoms with E-state index in [4.69, 9.17) is 15.9 Å². The van der Waals surface area contributed by atoms with Crippen molar-refractivity contribution in [1.29, 1.82) is 0 Å². The molecule has 1 rings (SSSR count). The molecule has 0 aliphatic rings. The second kappa shape index (κ2) is 5.47. The van der Waals surface area contributed by atoms with Gasteiger partial charge in [-0.2, -0.15) is 4.98 Å². The number of hydrogen-bond donors (Lipinski definition) is 3. The Balaban J connectivity index is 2.88. The smallest absolute Gasteiger partial charge is 0.227 e. The fourth-order valence-corrected chi connectivity index (χ4v) is 1.27. The molecular weight excluding hydrogens is 196 g/mol. The topological polar surface area (TPSA) is 95.5 Å². The number of rotatable bonds is 5. The number of nitrogen functional groups attached to an aromatic ring is 1. The van der Waals surface area contributed by atoms with Gasteiger partial charge in [0.1, 0.15) is 5.82 Å². The van der Waals surface area contributed by atoms with Gasteiger partial charge in [-0.25, -0.2) is 4.98 Å². The number of nitrogens with zero attached hydrogens (tertiary/aromatic N) is 3. The van der Waals surface area contributed by atoms with Crippen LogP contribution < -0.4 is 10.6 Å². The molecule has 0 bridgehead atoms. The van der Waals surface area contributed by atoms with Gasteiger partial charge in [-0.05, 0) is 6.92 Å². The predicted molar refractivity (Wildman–Crippen MR) is 57.6 cm³/mol. The third-order valence-electron chi connectivity index (χ3n) is 1.88. The zero-order valence-corrected chi connectivity index (χ0v) is 8.72. The minimum Gasteiger partial charge on any atom is -0.395 e. The molecule has 0 saturated heterocycles. The molecule has 1 aromatic heterocycles. The lowest BCUT2D eigenvalue weighted by atomic mass is 10.4. The van der Waals surface area contributed by atoms with E-state index in [1.165, 1.54) is 0 Å². The van der Waals surface area contributed by atoms with E-state index in [0.717, 1.165) is 5.69 Å². The molecule has 0 saturated carbocycles. The molecule has 0 atom stereocenters. The normalized spacial score (nSPS) is 10.3. The van der Waals surface area contributed by atoms with Crippen molar-refractivity contribution < 1.29 is 10.2 Å². The van der Waals surface area contributed by atoms with Gasteiger partial charge in [0.2, 0.25) is 5.95 Å². The Morgan fingerprint density at radius 2 is 1.87 bits per heavy atom. The van der Waals surface area contributed by atoms with Crippen LogP contribution in [0.4, 0.5) is 11.8 Å². The summed E-state index contributed by atoms with van der Waals surface area (Å²) in [6, 6.07) is 1.67. The molecule has 1 aromatic rings. The lowest BCUT2D eigenvalue weighted by Crippen LogP contribution is -2.31. The minimum absolute atomic E-state index is 0.0167. The van der Waals surface area contributed by atoms with Crippen molar-refractivity contribution in [1.82, 2.24) is 9.97 Å². The summed E-state index contributed by atoms with van der Waals surface area (Å²) < 4.78 is 0. The maximum Gasteiger partial charge on any atom is 0.227 e. The summed E-state index contributed by atoms with van der Waals surface area (Å²) in [5, 5.41) is 17.7. The quantitative estimate of drug-likeness (QED) is 0.589. The number of aryl methyl sites for hydroxylation is 1. The second-order valence-electron chi connectivity index (χ2n) is 3.17. The van der Waals surface area contributed by atoms with Crippen molar-refractivity contribution in [2.24, 2.45) is 0 Å². The summed E-state index contributed by atoms with van der Waals surface area (Å²) in [6.07, 6.45) is 0. The standard InChI is InChI=1S/C9H16N4O2/c1-7-6-8(10)12-9(11-7)13(2-4-14)3-5-15/h6,14-15H,2-5H2,1H3,(H2,10,11,12). The molecule has 15 heavy (non-hydrogen) atoms. The fraction of sp³-hybridized carbons (Fsp3) is 0.556. The Labute approximate surface area is 88.4 Å². The third-order valence-corrected chi connectivity index (χ3v) is 1.88. The summed E-state index contributed by atoms with van der Waals surface area (Å²) >= 11 is 0. The van der Waals surface area contributed by atoms with Crippen molar-refractivity contribution in [3.05, 3.63) is 11.8 Å². The largest absolute Gasteiger partial charge is 0.395 e. The molecule has 0 spiro atoms. The third kappa shape index (κ3) is 3.34. The first-order chi connectivity index (χ1) is 7.17. The number of anilines is 2. The fourth-order valence-electron chi connectivity index (χ4n) is 1.27.